The Labute approximate surface area is 174 Å². The fourth-order valence-corrected chi connectivity index (χ4v) is 3.43. The third kappa shape index (κ3) is 4.15. The van der Waals surface area contributed by atoms with E-state index in [1.54, 1.807) is 0 Å². The summed E-state index contributed by atoms with van der Waals surface area (Å²) in [6, 6.07) is 0. The van der Waals surface area contributed by atoms with Gasteiger partial charge in [-0.2, -0.15) is 57.1 Å². The van der Waals surface area contributed by atoms with Gasteiger partial charge in [0.25, 0.3) is 0 Å². The largest absolute Gasteiger partial charge is 0.460 e. The molecule has 0 aliphatic heterocycles. The molecule has 1 saturated carbocycles. The second-order valence-corrected chi connectivity index (χ2v) is 7.79. The highest BCUT2D eigenvalue weighted by Gasteiger charge is 2.91. The number of rotatable bonds is 8. The molecule has 0 aromatic carbocycles. The molecule has 0 saturated heterocycles. The van der Waals surface area contributed by atoms with Gasteiger partial charge in [-0.25, -0.2) is 0 Å². The Bertz CT molecular complexity index is 758. The summed E-state index contributed by atoms with van der Waals surface area (Å²) in [6.07, 6.45) is -6.76. The minimum atomic E-state index is -7.89. The minimum Gasteiger partial charge on any atom is -0.199 e. The second kappa shape index (κ2) is 8.27. The molecule has 32 heavy (non-hydrogen) atoms. The average Bonchev–Trinajstić information content (AvgIpc) is 3.03. The van der Waals surface area contributed by atoms with Gasteiger partial charge in [-0.1, -0.05) is 29.9 Å². The average molecular weight is 494 g/mol. The maximum atomic E-state index is 14.5. The summed E-state index contributed by atoms with van der Waals surface area (Å²) < 4.78 is 174. The first-order valence-corrected chi connectivity index (χ1v) is 8.93. The zero-order chi connectivity index (χ0) is 25.7. The molecule has 0 aromatic rings. The van der Waals surface area contributed by atoms with Gasteiger partial charge in [-0.05, 0) is 38.5 Å². The quantitative estimate of drug-likeness (QED) is 0.182. The lowest BCUT2D eigenvalue weighted by atomic mass is 9.82. The van der Waals surface area contributed by atoms with Gasteiger partial charge in [-0.3, -0.25) is 0 Å². The number of hydrogen-bond acceptors (Lipinski definition) is 0. The van der Waals surface area contributed by atoms with Crippen LogP contribution in [-0.4, -0.2) is 35.8 Å². The van der Waals surface area contributed by atoms with Gasteiger partial charge in [-0.15, -0.1) is 6.58 Å². The number of halogens is 13. The van der Waals surface area contributed by atoms with E-state index in [0.29, 0.717) is 17.2 Å². The monoisotopic (exact) mass is 494 g/mol. The van der Waals surface area contributed by atoms with Gasteiger partial charge in [0.1, 0.15) is 0 Å². The first-order chi connectivity index (χ1) is 14.0. The van der Waals surface area contributed by atoms with Crippen molar-refractivity contribution in [2.24, 2.45) is 17.8 Å². The van der Waals surface area contributed by atoms with Gasteiger partial charge in [0, 0.05) is 5.92 Å². The van der Waals surface area contributed by atoms with E-state index in [9.17, 15) is 57.1 Å². The lowest BCUT2D eigenvalue weighted by Gasteiger charge is -2.42. The molecule has 0 N–H and O–H groups in total. The first kappa shape index (κ1) is 28.3. The van der Waals surface area contributed by atoms with Crippen LogP contribution in [0.4, 0.5) is 57.1 Å². The molecule has 3 atom stereocenters. The molecule has 0 amide bonds. The van der Waals surface area contributed by atoms with Crippen LogP contribution in [0, 0.1) is 17.8 Å². The van der Waals surface area contributed by atoms with Gasteiger partial charge in [0.05, 0.1) is 0 Å². The van der Waals surface area contributed by atoms with Crippen molar-refractivity contribution in [1.82, 2.24) is 0 Å². The Morgan fingerprint density at radius 3 is 1.53 bits per heavy atom. The van der Waals surface area contributed by atoms with Crippen molar-refractivity contribution in [1.29, 1.82) is 0 Å². The Hall–Kier alpha value is -1.69. The van der Waals surface area contributed by atoms with E-state index in [1.165, 1.54) is 19.9 Å². The van der Waals surface area contributed by atoms with Crippen molar-refractivity contribution in [2.75, 3.05) is 0 Å². The lowest BCUT2D eigenvalue weighted by Crippen LogP contribution is -2.71. The van der Waals surface area contributed by atoms with E-state index in [2.05, 4.69) is 13.2 Å². The van der Waals surface area contributed by atoms with Gasteiger partial charge < -0.3 is 0 Å². The second-order valence-electron chi connectivity index (χ2n) is 7.79. The zero-order valence-corrected chi connectivity index (χ0v) is 16.6. The van der Waals surface area contributed by atoms with E-state index in [4.69, 9.17) is 0 Å². The fraction of sp³-hybridized carbons (Fsp3) is 0.684. The Morgan fingerprint density at radius 2 is 1.16 bits per heavy atom. The molecule has 13 heteroatoms. The van der Waals surface area contributed by atoms with E-state index in [1.807, 2.05) is 0 Å². The van der Waals surface area contributed by atoms with Crippen LogP contribution in [0.5, 0.6) is 0 Å². The van der Waals surface area contributed by atoms with E-state index >= 15 is 0 Å². The molecule has 1 rings (SSSR count). The van der Waals surface area contributed by atoms with Gasteiger partial charge in [0.15, 0.2) is 0 Å². The molecule has 0 spiro atoms. The van der Waals surface area contributed by atoms with E-state index < -0.39 is 60.0 Å². The molecule has 0 heterocycles. The zero-order valence-electron chi connectivity index (χ0n) is 16.6. The number of alkyl halides is 13. The summed E-state index contributed by atoms with van der Waals surface area (Å²) in [5, 5.41) is 0. The third-order valence-electron chi connectivity index (χ3n) is 5.53. The summed E-state index contributed by atoms with van der Waals surface area (Å²) in [6.45, 7) is 9.62. The highest BCUT2D eigenvalue weighted by atomic mass is 19.4. The van der Waals surface area contributed by atoms with Crippen LogP contribution in [0.15, 0.2) is 36.5 Å². The number of hydrogen-bond donors (Lipinski definition) is 0. The van der Waals surface area contributed by atoms with Crippen LogP contribution in [0.3, 0.4) is 0 Å². The molecule has 1 aliphatic rings. The van der Waals surface area contributed by atoms with Crippen molar-refractivity contribution >= 4 is 0 Å². The van der Waals surface area contributed by atoms with Crippen LogP contribution in [0.25, 0.3) is 0 Å². The molecular weight excluding hydrogens is 475 g/mol. The predicted molar refractivity (Wildman–Crippen MR) is 89.3 cm³/mol. The SMILES string of the molecule is C=CC1CC(/C=C(/C)C(=C)C)CC1C(F)(F)C(F)(F)C(F)(F)C(F)(F)C(F)(F)C(F)(F)F. The highest BCUT2D eigenvalue weighted by molar-refractivity contribution is 5.25. The highest BCUT2D eigenvalue weighted by Crippen LogP contribution is 2.63. The Morgan fingerprint density at radius 1 is 0.719 bits per heavy atom. The molecule has 0 bridgehead atoms. The maximum Gasteiger partial charge on any atom is 0.460 e. The number of allylic oxidation sites excluding steroid dienone is 4. The Kier molecular flexibility index (Phi) is 7.32. The van der Waals surface area contributed by atoms with Gasteiger partial charge >= 0.3 is 35.8 Å². The van der Waals surface area contributed by atoms with Crippen LogP contribution in [0.1, 0.15) is 26.7 Å². The topological polar surface area (TPSA) is 0 Å². The molecule has 0 radical (unpaired) electrons. The first-order valence-electron chi connectivity index (χ1n) is 8.93. The maximum absolute atomic E-state index is 14.5. The summed E-state index contributed by atoms with van der Waals surface area (Å²) in [5.41, 5.74) is 0.872. The summed E-state index contributed by atoms with van der Waals surface area (Å²) in [7, 11) is 0. The summed E-state index contributed by atoms with van der Waals surface area (Å²) in [5.74, 6) is -42.1. The predicted octanol–water partition coefficient (Wildman–Crippen LogP) is 8.08. The van der Waals surface area contributed by atoms with Crippen LogP contribution < -0.4 is 0 Å². The van der Waals surface area contributed by atoms with Crippen LogP contribution in [-0.2, 0) is 0 Å². The molecule has 3 unspecified atom stereocenters. The molecule has 1 aliphatic carbocycles. The molecule has 0 nitrogen and oxygen atoms in total. The standard InChI is InChI=1S/C19H19F13/c1-5-12-7-11(6-10(4)9(2)3)8-13(12)14(20,21)15(22,23)16(24,25)17(26,27)18(28,29)19(30,31)32/h5-6,11-13H,1-2,7-8H2,3-4H3/b10-6-. The third-order valence-corrected chi connectivity index (χ3v) is 5.53. The molecule has 0 aromatic heterocycles. The van der Waals surface area contributed by atoms with Crippen molar-refractivity contribution in [2.45, 2.75) is 62.5 Å². The van der Waals surface area contributed by atoms with Crippen LogP contribution >= 0.6 is 0 Å². The van der Waals surface area contributed by atoms with Crippen molar-refractivity contribution < 1.29 is 57.1 Å². The van der Waals surface area contributed by atoms with Gasteiger partial charge in [0.2, 0.25) is 0 Å². The van der Waals surface area contributed by atoms with Crippen molar-refractivity contribution in [3.05, 3.63) is 36.5 Å². The minimum absolute atomic E-state index is 0.356. The van der Waals surface area contributed by atoms with E-state index in [-0.39, 0.29) is 6.42 Å². The fourth-order valence-electron chi connectivity index (χ4n) is 3.43. The summed E-state index contributed by atoms with van der Waals surface area (Å²) >= 11 is 0. The lowest BCUT2D eigenvalue weighted by molar-refractivity contribution is -0.443. The van der Waals surface area contributed by atoms with Crippen molar-refractivity contribution in [3.63, 3.8) is 0 Å². The van der Waals surface area contributed by atoms with Crippen molar-refractivity contribution in [3.8, 4) is 0 Å². The normalized spacial score (nSPS) is 24.6. The molecule has 186 valence electrons. The molecule has 1 fully saturated rings. The smallest absolute Gasteiger partial charge is 0.199 e. The molecular formula is C19H19F13. The van der Waals surface area contributed by atoms with Crippen LogP contribution in [0.2, 0.25) is 0 Å². The van der Waals surface area contributed by atoms with E-state index in [0.717, 1.165) is 0 Å². The summed E-state index contributed by atoms with van der Waals surface area (Å²) in [4.78, 5) is 0. The Balaban J connectivity index is 3.49.